The smallest absolute Gasteiger partial charge is 0.330 e. The minimum Gasteiger partial charge on any atom is -0.464 e. The topological polar surface area (TPSA) is 83.2 Å². The monoisotopic (exact) mass is 260 g/mol. The van der Waals surface area contributed by atoms with Crippen LogP contribution in [-0.4, -0.2) is 21.6 Å². The number of ether oxygens (including phenoxy) is 2. The van der Waals surface area contributed by atoms with E-state index in [0.717, 1.165) is 11.1 Å². The van der Waals surface area contributed by atoms with Crippen molar-refractivity contribution in [1.82, 2.24) is 15.0 Å². The van der Waals surface area contributed by atoms with E-state index in [0.29, 0.717) is 12.4 Å². The fourth-order valence-electron chi connectivity index (χ4n) is 1.53. The number of rotatable bonds is 4. The van der Waals surface area contributed by atoms with Crippen molar-refractivity contribution in [3.05, 3.63) is 29.3 Å². The number of aryl methyl sites for hydroxylation is 1. The number of benzene rings is 1. The van der Waals surface area contributed by atoms with Gasteiger partial charge in [0.25, 0.3) is 0 Å². The maximum absolute atomic E-state index is 5.64. The first-order valence-corrected chi connectivity index (χ1v) is 5.98. The van der Waals surface area contributed by atoms with Gasteiger partial charge < -0.3 is 15.2 Å². The van der Waals surface area contributed by atoms with Crippen molar-refractivity contribution in [2.45, 2.75) is 20.8 Å². The van der Waals surface area contributed by atoms with Crippen LogP contribution in [0, 0.1) is 13.8 Å². The molecule has 0 aliphatic rings. The van der Waals surface area contributed by atoms with Crippen LogP contribution in [0.15, 0.2) is 18.2 Å². The van der Waals surface area contributed by atoms with Crippen LogP contribution in [0.5, 0.6) is 17.8 Å². The molecule has 100 valence electrons. The number of hydrogen-bond donors (Lipinski definition) is 1. The van der Waals surface area contributed by atoms with E-state index in [1.165, 1.54) is 0 Å². The highest BCUT2D eigenvalue weighted by molar-refractivity contribution is 5.39. The van der Waals surface area contributed by atoms with Crippen LogP contribution in [0.2, 0.25) is 0 Å². The summed E-state index contributed by atoms with van der Waals surface area (Å²) in [6.45, 7) is 6.27. The number of anilines is 1. The highest BCUT2D eigenvalue weighted by Crippen LogP contribution is 2.25. The molecule has 0 amide bonds. The SMILES string of the molecule is CCOc1nc(N)nc(Oc2cccc(C)c2C)n1. The van der Waals surface area contributed by atoms with Crippen LogP contribution in [0.3, 0.4) is 0 Å². The van der Waals surface area contributed by atoms with E-state index in [-0.39, 0.29) is 18.0 Å². The molecule has 1 aromatic heterocycles. The number of hydrogen-bond acceptors (Lipinski definition) is 6. The Hall–Kier alpha value is -2.37. The number of aromatic nitrogens is 3. The van der Waals surface area contributed by atoms with E-state index < -0.39 is 0 Å². The van der Waals surface area contributed by atoms with Crippen molar-refractivity contribution in [3.8, 4) is 17.8 Å². The molecule has 0 spiro atoms. The summed E-state index contributed by atoms with van der Waals surface area (Å²) in [4.78, 5) is 11.8. The average molecular weight is 260 g/mol. The molecule has 0 bridgehead atoms. The van der Waals surface area contributed by atoms with Gasteiger partial charge in [-0.25, -0.2) is 0 Å². The van der Waals surface area contributed by atoms with Gasteiger partial charge in [-0.1, -0.05) is 12.1 Å². The van der Waals surface area contributed by atoms with Crippen molar-refractivity contribution in [1.29, 1.82) is 0 Å². The number of nitrogens with two attached hydrogens (primary N) is 1. The zero-order valence-electron chi connectivity index (χ0n) is 11.2. The summed E-state index contributed by atoms with van der Waals surface area (Å²) in [6, 6.07) is 6.06. The molecule has 2 N–H and O–H groups in total. The van der Waals surface area contributed by atoms with Crippen LogP contribution in [-0.2, 0) is 0 Å². The van der Waals surface area contributed by atoms with Gasteiger partial charge in [0.05, 0.1) is 6.61 Å². The predicted octanol–water partition coefficient (Wildman–Crippen LogP) is 2.26. The van der Waals surface area contributed by atoms with Crippen LogP contribution in [0.25, 0.3) is 0 Å². The lowest BCUT2D eigenvalue weighted by Crippen LogP contribution is -2.05. The molecule has 19 heavy (non-hydrogen) atoms. The van der Waals surface area contributed by atoms with Crippen LogP contribution < -0.4 is 15.2 Å². The van der Waals surface area contributed by atoms with E-state index in [1.54, 1.807) is 0 Å². The standard InChI is InChI=1S/C13H16N4O2/c1-4-18-12-15-11(14)16-13(17-12)19-10-7-5-6-8(2)9(10)3/h5-7H,4H2,1-3H3,(H2,14,15,16,17). The predicted molar refractivity (Wildman–Crippen MR) is 71.4 cm³/mol. The quantitative estimate of drug-likeness (QED) is 0.907. The van der Waals surface area contributed by atoms with Gasteiger partial charge in [0, 0.05) is 0 Å². The second-order valence-electron chi connectivity index (χ2n) is 3.99. The first-order chi connectivity index (χ1) is 9.10. The molecular weight excluding hydrogens is 244 g/mol. The number of nitrogens with zero attached hydrogens (tertiary/aromatic N) is 3. The van der Waals surface area contributed by atoms with Gasteiger partial charge in [-0.15, -0.1) is 4.98 Å². The summed E-state index contributed by atoms with van der Waals surface area (Å²) in [5.74, 6) is 0.756. The zero-order chi connectivity index (χ0) is 13.8. The van der Waals surface area contributed by atoms with E-state index in [2.05, 4.69) is 15.0 Å². The molecule has 0 radical (unpaired) electrons. The Morgan fingerprint density at radius 2 is 1.84 bits per heavy atom. The van der Waals surface area contributed by atoms with E-state index in [9.17, 15) is 0 Å². The van der Waals surface area contributed by atoms with E-state index >= 15 is 0 Å². The molecule has 0 aliphatic carbocycles. The summed E-state index contributed by atoms with van der Waals surface area (Å²) in [5.41, 5.74) is 7.75. The molecule has 0 atom stereocenters. The Labute approximate surface area is 111 Å². The van der Waals surface area contributed by atoms with Crippen LogP contribution >= 0.6 is 0 Å². The van der Waals surface area contributed by atoms with E-state index in [4.69, 9.17) is 15.2 Å². The molecule has 2 aromatic rings. The molecule has 0 unspecified atom stereocenters. The first-order valence-electron chi connectivity index (χ1n) is 5.98. The largest absolute Gasteiger partial charge is 0.464 e. The molecule has 6 heteroatoms. The lowest BCUT2D eigenvalue weighted by Gasteiger charge is -2.09. The molecule has 6 nitrogen and oxygen atoms in total. The molecule has 0 saturated heterocycles. The van der Waals surface area contributed by atoms with Crippen LogP contribution in [0.4, 0.5) is 5.95 Å². The Morgan fingerprint density at radius 1 is 1.11 bits per heavy atom. The van der Waals surface area contributed by atoms with Gasteiger partial charge >= 0.3 is 12.0 Å². The van der Waals surface area contributed by atoms with Gasteiger partial charge in [0.15, 0.2) is 0 Å². The third kappa shape index (κ3) is 3.09. The fraction of sp³-hybridized carbons (Fsp3) is 0.308. The molecule has 0 aliphatic heterocycles. The van der Waals surface area contributed by atoms with Gasteiger partial charge in [0.2, 0.25) is 5.95 Å². The molecule has 0 fully saturated rings. The van der Waals surface area contributed by atoms with Crippen molar-refractivity contribution in [2.24, 2.45) is 0 Å². The maximum Gasteiger partial charge on any atom is 0.330 e. The van der Waals surface area contributed by atoms with Crippen LogP contribution in [0.1, 0.15) is 18.1 Å². The normalized spacial score (nSPS) is 10.3. The van der Waals surface area contributed by atoms with Gasteiger partial charge in [-0.2, -0.15) is 9.97 Å². The maximum atomic E-state index is 5.64. The first kappa shape index (κ1) is 13.1. The highest BCUT2D eigenvalue weighted by atomic mass is 16.5. The van der Waals surface area contributed by atoms with Gasteiger partial charge in [0.1, 0.15) is 5.75 Å². The Morgan fingerprint density at radius 3 is 2.58 bits per heavy atom. The Kier molecular flexibility index (Phi) is 3.79. The fourth-order valence-corrected chi connectivity index (χ4v) is 1.53. The number of nitrogen functional groups attached to an aromatic ring is 1. The second-order valence-corrected chi connectivity index (χ2v) is 3.99. The second kappa shape index (κ2) is 5.51. The third-order valence-electron chi connectivity index (χ3n) is 2.64. The minimum absolute atomic E-state index is 0.0683. The lowest BCUT2D eigenvalue weighted by molar-refractivity contribution is 0.304. The summed E-state index contributed by atoms with van der Waals surface area (Å²) in [7, 11) is 0. The Balaban J connectivity index is 2.30. The summed E-state index contributed by atoms with van der Waals surface area (Å²) >= 11 is 0. The average Bonchev–Trinajstić information content (AvgIpc) is 2.35. The molecule has 1 aromatic carbocycles. The summed E-state index contributed by atoms with van der Waals surface area (Å²) < 4.78 is 10.8. The van der Waals surface area contributed by atoms with Crippen molar-refractivity contribution >= 4 is 5.95 Å². The van der Waals surface area contributed by atoms with Crippen molar-refractivity contribution in [2.75, 3.05) is 12.3 Å². The molecule has 0 saturated carbocycles. The lowest BCUT2D eigenvalue weighted by atomic mass is 10.1. The van der Waals surface area contributed by atoms with Crippen molar-refractivity contribution < 1.29 is 9.47 Å². The summed E-state index contributed by atoms with van der Waals surface area (Å²) in [6.07, 6.45) is 0. The van der Waals surface area contributed by atoms with Gasteiger partial charge in [-0.3, -0.25) is 0 Å². The van der Waals surface area contributed by atoms with E-state index in [1.807, 2.05) is 39.0 Å². The zero-order valence-corrected chi connectivity index (χ0v) is 11.2. The Bertz CT molecular complexity index is 587. The summed E-state index contributed by atoms with van der Waals surface area (Å²) in [5, 5.41) is 0. The third-order valence-corrected chi connectivity index (χ3v) is 2.64. The molecular formula is C13H16N4O2. The molecule has 1 heterocycles. The van der Waals surface area contributed by atoms with Crippen molar-refractivity contribution in [3.63, 3.8) is 0 Å². The highest BCUT2D eigenvalue weighted by Gasteiger charge is 2.09. The molecule has 2 rings (SSSR count). The minimum atomic E-state index is 0.0683. The van der Waals surface area contributed by atoms with Gasteiger partial charge in [-0.05, 0) is 38.0 Å².